The Morgan fingerprint density at radius 2 is 1.70 bits per heavy atom. The molecule has 1 aliphatic rings. The van der Waals surface area contributed by atoms with Crippen molar-refractivity contribution in [2.24, 2.45) is 0 Å². The lowest BCUT2D eigenvalue weighted by atomic mass is 9.88. The standard InChI is InChI=1S/C24H29N3O3/c1-29-21-13-18-19(14-22(21)30-2)25-23(17-11-7-4-8-12-17)27-24(18)26-20(15-28)16-9-5-3-6-10-16/h3,5-6,9-10,13-14,17,20,28H,4,7-8,11-12,15H2,1-2H3,(H,25,26,27)/t20-/m0/s1. The average Bonchev–Trinajstić information content (AvgIpc) is 2.82. The highest BCUT2D eigenvalue weighted by Crippen LogP contribution is 2.38. The third-order valence-corrected chi connectivity index (χ3v) is 5.88. The summed E-state index contributed by atoms with van der Waals surface area (Å²) < 4.78 is 11.0. The molecule has 30 heavy (non-hydrogen) atoms. The Balaban J connectivity index is 1.81. The smallest absolute Gasteiger partial charge is 0.162 e. The minimum Gasteiger partial charge on any atom is -0.493 e. The SMILES string of the molecule is COc1cc2nc(C3CCCCC3)nc(N[C@@H](CO)c3ccccc3)c2cc1OC. The molecule has 6 nitrogen and oxygen atoms in total. The molecular weight excluding hydrogens is 378 g/mol. The maximum Gasteiger partial charge on any atom is 0.162 e. The van der Waals surface area contributed by atoms with Crippen LogP contribution in [0, 0.1) is 0 Å². The van der Waals surface area contributed by atoms with Crippen LogP contribution in [0.3, 0.4) is 0 Å². The van der Waals surface area contributed by atoms with Crippen LogP contribution < -0.4 is 14.8 Å². The predicted octanol–water partition coefficient (Wildman–Crippen LogP) is 4.84. The first-order valence-corrected chi connectivity index (χ1v) is 10.6. The first-order valence-electron chi connectivity index (χ1n) is 10.6. The first-order chi connectivity index (χ1) is 14.7. The number of nitrogens with one attached hydrogen (secondary N) is 1. The molecule has 1 atom stereocenters. The summed E-state index contributed by atoms with van der Waals surface area (Å²) in [6.45, 7) is -0.0401. The fourth-order valence-electron chi connectivity index (χ4n) is 4.21. The van der Waals surface area contributed by atoms with Gasteiger partial charge >= 0.3 is 0 Å². The molecule has 1 saturated carbocycles. The lowest BCUT2D eigenvalue weighted by molar-refractivity contribution is 0.276. The van der Waals surface area contributed by atoms with Crippen LogP contribution >= 0.6 is 0 Å². The molecule has 0 aliphatic heterocycles. The van der Waals surface area contributed by atoms with Crippen molar-refractivity contribution in [2.75, 3.05) is 26.1 Å². The van der Waals surface area contributed by atoms with Gasteiger partial charge in [-0.15, -0.1) is 0 Å². The highest BCUT2D eigenvalue weighted by Gasteiger charge is 2.22. The molecule has 1 heterocycles. The Hall–Kier alpha value is -2.86. The Morgan fingerprint density at radius 1 is 1.00 bits per heavy atom. The molecular formula is C24H29N3O3. The van der Waals surface area contributed by atoms with Gasteiger partial charge in [0, 0.05) is 17.4 Å². The molecule has 2 N–H and O–H groups in total. The Bertz CT molecular complexity index is 988. The number of methoxy groups -OCH3 is 2. The van der Waals surface area contributed by atoms with E-state index in [9.17, 15) is 5.11 Å². The monoisotopic (exact) mass is 407 g/mol. The van der Waals surface area contributed by atoms with Crippen molar-refractivity contribution in [1.29, 1.82) is 0 Å². The first kappa shape index (κ1) is 20.4. The van der Waals surface area contributed by atoms with Crippen molar-refractivity contribution in [1.82, 2.24) is 9.97 Å². The molecule has 0 radical (unpaired) electrons. The quantitative estimate of drug-likeness (QED) is 0.584. The van der Waals surface area contributed by atoms with Gasteiger partial charge in [-0.25, -0.2) is 9.97 Å². The third kappa shape index (κ3) is 4.19. The Kier molecular flexibility index (Phi) is 6.33. The van der Waals surface area contributed by atoms with Crippen LogP contribution in [0.2, 0.25) is 0 Å². The molecule has 0 bridgehead atoms. The van der Waals surface area contributed by atoms with Gasteiger partial charge in [0.15, 0.2) is 11.5 Å². The number of rotatable bonds is 7. The predicted molar refractivity (Wildman–Crippen MR) is 118 cm³/mol. The van der Waals surface area contributed by atoms with Gasteiger partial charge in [0.1, 0.15) is 11.6 Å². The van der Waals surface area contributed by atoms with E-state index in [-0.39, 0.29) is 12.6 Å². The van der Waals surface area contributed by atoms with E-state index < -0.39 is 0 Å². The van der Waals surface area contributed by atoms with E-state index in [1.165, 1.54) is 19.3 Å². The van der Waals surface area contributed by atoms with Crippen molar-refractivity contribution in [3.05, 3.63) is 53.9 Å². The summed E-state index contributed by atoms with van der Waals surface area (Å²) in [6, 6.07) is 13.5. The summed E-state index contributed by atoms with van der Waals surface area (Å²) >= 11 is 0. The molecule has 0 spiro atoms. The van der Waals surface area contributed by atoms with E-state index in [2.05, 4.69) is 5.32 Å². The maximum absolute atomic E-state index is 10.1. The molecule has 158 valence electrons. The van der Waals surface area contributed by atoms with E-state index in [1.807, 2.05) is 42.5 Å². The van der Waals surface area contributed by atoms with Crippen molar-refractivity contribution in [3.8, 4) is 11.5 Å². The molecule has 4 rings (SSSR count). The second-order valence-corrected chi connectivity index (χ2v) is 7.78. The number of aliphatic hydroxyl groups is 1. The molecule has 1 fully saturated rings. The van der Waals surface area contributed by atoms with Crippen molar-refractivity contribution < 1.29 is 14.6 Å². The van der Waals surface area contributed by atoms with Crippen LogP contribution in [0.5, 0.6) is 11.5 Å². The van der Waals surface area contributed by atoms with Gasteiger partial charge in [-0.2, -0.15) is 0 Å². The number of nitrogens with zero attached hydrogens (tertiary/aromatic N) is 2. The van der Waals surface area contributed by atoms with E-state index in [0.29, 0.717) is 23.2 Å². The maximum atomic E-state index is 10.1. The summed E-state index contributed by atoms with van der Waals surface area (Å²) in [5.41, 5.74) is 1.82. The van der Waals surface area contributed by atoms with Gasteiger partial charge in [-0.1, -0.05) is 49.6 Å². The van der Waals surface area contributed by atoms with Crippen molar-refractivity contribution in [3.63, 3.8) is 0 Å². The van der Waals surface area contributed by atoms with Gasteiger partial charge in [-0.05, 0) is 24.5 Å². The number of hydrogen-bond acceptors (Lipinski definition) is 6. The number of fused-ring (bicyclic) bond motifs is 1. The Labute approximate surface area is 177 Å². The van der Waals surface area contributed by atoms with Crippen LogP contribution in [0.4, 0.5) is 5.82 Å². The number of hydrogen-bond donors (Lipinski definition) is 2. The van der Waals surface area contributed by atoms with Crippen LogP contribution in [0.1, 0.15) is 55.5 Å². The normalized spacial score (nSPS) is 15.7. The lowest BCUT2D eigenvalue weighted by Crippen LogP contribution is -2.18. The zero-order valence-electron chi connectivity index (χ0n) is 17.6. The van der Waals surface area contributed by atoms with Crippen LogP contribution in [-0.2, 0) is 0 Å². The summed E-state index contributed by atoms with van der Waals surface area (Å²) in [7, 11) is 3.25. The molecule has 0 saturated heterocycles. The van der Waals surface area contributed by atoms with E-state index in [1.54, 1.807) is 14.2 Å². The molecule has 1 aromatic heterocycles. The van der Waals surface area contributed by atoms with E-state index in [4.69, 9.17) is 19.4 Å². The number of aliphatic hydroxyl groups excluding tert-OH is 1. The number of ether oxygens (including phenoxy) is 2. The van der Waals surface area contributed by atoms with Gasteiger partial charge in [0.05, 0.1) is 32.4 Å². The minimum atomic E-state index is -0.267. The summed E-state index contributed by atoms with van der Waals surface area (Å²) in [5.74, 6) is 3.21. The Morgan fingerprint density at radius 3 is 2.37 bits per heavy atom. The topological polar surface area (TPSA) is 76.5 Å². The highest BCUT2D eigenvalue weighted by molar-refractivity contribution is 5.92. The average molecular weight is 408 g/mol. The zero-order chi connectivity index (χ0) is 20.9. The molecule has 6 heteroatoms. The third-order valence-electron chi connectivity index (χ3n) is 5.88. The lowest BCUT2D eigenvalue weighted by Gasteiger charge is -2.23. The molecule has 2 aromatic carbocycles. The molecule has 1 aliphatic carbocycles. The highest BCUT2D eigenvalue weighted by atomic mass is 16.5. The van der Waals surface area contributed by atoms with E-state index >= 15 is 0 Å². The minimum absolute atomic E-state index is 0.0401. The van der Waals surface area contributed by atoms with Crippen LogP contribution in [0.15, 0.2) is 42.5 Å². The van der Waals surface area contributed by atoms with Crippen molar-refractivity contribution >= 4 is 16.7 Å². The number of aromatic nitrogens is 2. The molecule has 0 unspecified atom stereocenters. The number of benzene rings is 2. The van der Waals surface area contributed by atoms with Gasteiger partial charge in [-0.3, -0.25) is 0 Å². The van der Waals surface area contributed by atoms with Gasteiger partial charge in [0.25, 0.3) is 0 Å². The van der Waals surface area contributed by atoms with Gasteiger partial charge in [0.2, 0.25) is 0 Å². The summed E-state index contributed by atoms with van der Waals surface area (Å²) in [4.78, 5) is 9.84. The van der Waals surface area contributed by atoms with Crippen molar-refractivity contribution in [2.45, 2.75) is 44.1 Å². The summed E-state index contributed by atoms with van der Waals surface area (Å²) in [5, 5.41) is 14.4. The fourth-order valence-corrected chi connectivity index (χ4v) is 4.21. The largest absolute Gasteiger partial charge is 0.493 e. The molecule has 3 aromatic rings. The second kappa shape index (κ2) is 9.30. The fraction of sp³-hybridized carbons (Fsp3) is 0.417. The second-order valence-electron chi connectivity index (χ2n) is 7.78. The van der Waals surface area contributed by atoms with Crippen LogP contribution in [-0.4, -0.2) is 35.9 Å². The zero-order valence-corrected chi connectivity index (χ0v) is 17.6. The molecule has 0 amide bonds. The van der Waals surface area contributed by atoms with E-state index in [0.717, 1.165) is 35.1 Å². The van der Waals surface area contributed by atoms with Crippen LogP contribution in [0.25, 0.3) is 10.9 Å². The summed E-state index contributed by atoms with van der Waals surface area (Å²) in [6.07, 6.45) is 5.93. The van der Waals surface area contributed by atoms with Gasteiger partial charge < -0.3 is 19.9 Å². The number of anilines is 1.